The molecule has 1 heterocycles. The fourth-order valence-electron chi connectivity index (χ4n) is 3.20. The van der Waals surface area contributed by atoms with E-state index < -0.39 is 0 Å². The van der Waals surface area contributed by atoms with Gasteiger partial charge in [0.15, 0.2) is 0 Å². The number of benzene rings is 2. The van der Waals surface area contributed by atoms with Crippen LogP contribution in [-0.2, 0) is 6.67 Å². The quantitative estimate of drug-likeness (QED) is 0.599. The Morgan fingerprint density at radius 3 is 2.46 bits per heavy atom. The molecule has 3 aromatic rings. The zero-order chi connectivity index (χ0) is 20.3. The number of hydrogen-bond acceptors (Lipinski definition) is 4. The molecular weight excluding hydrogens is 375 g/mol. The first-order valence-electron chi connectivity index (χ1n) is 9.08. The highest BCUT2D eigenvalue weighted by Gasteiger charge is 2.26. The summed E-state index contributed by atoms with van der Waals surface area (Å²) in [5.41, 5.74) is 1.78. The van der Waals surface area contributed by atoms with E-state index in [4.69, 9.17) is 17.0 Å². The first kappa shape index (κ1) is 20.2. The second kappa shape index (κ2) is 8.24. The van der Waals surface area contributed by atoms with Crippen molar-refractivity contribution in [3.05, 3.63) is 71.0 Å². The Kier molecular flexibility index (Phi) is 5.96. The van der Waals surface area contributed by atoms with Crippen LogP contribution < -0.4 is 10.1 Å². The molecule has 3 rings (SSSR count). The summed E-state index contributed by atoms with van der Waals surface area (Å²) >= 11 is 5.61. The third-order valence-electron chi connectivity index (χ3n) is 4.59. The van der Waals surface area contributed by atoms with Crippen LogP contribution in [0.3, 0.4) is 0 Å². The Balaban J connectivity index is 1.84. The van der Waals surface area contributed by atoms with Crippen molar-refractivity contribution in [2.45, 2.75) is 33.5 Å². The highest BCUT2D eigenvalue weighted by atomic mass is 32.1. The second-order valence-electron chi connectivity index (χ2n) is 7.67. The van der Waals surface area contributed by atoms with Crippen LogP contribution in [0.15, 0.2) is 54.9 Å². The molecule has 0 fully saturated rings. The molecule has 0 radical (unpaired) electrons. The molecule has 0 saturated heterocycles. The summed E-state index contributed by atoms with van der Waals surface area (Å²) in [4.78, 5) is 0. The summed E-state index contributed by atoms with van der Waals surface area (Å²) in [5.74, 6) is 0.485. The van der Waals surface area contributed by atoms with E-state index in [1.807, 2.05) is 41.0 Å². The zero-order valence-corrected chi connectivity index (χ0v) is 17.3. The number of nitrogens with zero attached hydrogens (tertiary/aromatic N) is 3. The summed E-state index contributed by atoms with van der Waals surface area (Å²) in [6, 6.07) is 14.3. The van der Waals surface area contributed by atoms with Gasteiger partial charge in [0.2, 0.25) is 4.77 Å². The van der Waals surface area contributed by atoms with Gasteiger partial charge in [0, 0.05) is 6.04 Å². The molecule has 2 aromatic carbocycles. The van der Waals surface area contributed by atoms with Crippen LogP contribution in [0.4, 0.5) is 4.39 Å². The summed E-state index contributed by atoms with van der Waals surface area (Å²) in [6.45, 7) is 6.85. The number of rotatable bonds is 6. The minimum absolute atomic E-state index is 0.00594. The van der Waals surface area contributed by atoms with Crippen LogP contribution >= 0.6 is 12.2 Å². The molecule has 0 aliphatic heterocycles. The van der Waals surface area contributed by atoms with Crippen LogP contribution in [0.2, 0.25) is 0 Å². The zero-order valence-electron chi connectivity index (χ0n) is 16.5. The van der Waals surface area contributed by atoms with Gasteiger partial charge >= 0.3 is 0 Å². The van der Waals surface area contributed by atoms with Crippen LogP contribution in [-0.4, -0.2) is 21.5 Å². The highest BCUT2D eigenvalue weighted by Crippen LogP contribution is 2.33. The topological polar surface area (TPSA) is 44.0 Å². The van der Waals surface area contributed by atoms with Gasteiger partial charge in [0.25, 0.3) is 0 Å². The lowest BCUT2D eigenvalue weighted by atomic mass is 9.82. The highest BCUT2D eigenvalue weighted by molar-refractivity contribution is 7.71. The Morgan fingerprint density at radius 1 is 1.14 bits per heavy atom. The third kappa shape index (κ3) is 4.31. The van der Waals surface area contributed by atoms with Crippen LogP contribution in [0, 0.1) is 16.0 Å². The van der Waals surface area contributed by atoms with Crippen molar-refractivity contribution in [2.75, 3.05) is 7.11 Å². The number of hydrogen-bond donors (Lipinski definition) is 1. The van der Waals surface area contributed by atoms with E-state index in [1.165, 1.54) is 12.1 Å². The van der Waals surface area contributed by atoms with E-state index >= 15 is 0 Å². The molecule has 148 valence electrons. The monoisotopic (exact) mass is 400 g/mol. The second-order valence-corrected chi connectivity index (χ2v) is 8.03. The fraction of sp³-hybridized carbons (Fsp3) is 0.333. The lowest BCUT2D eigenvalue weighted by Gasteiger charge is -2.32. The molecule has 1 aromatic heterocycles. The third-order valence-corrected chi connectivity index (χ3v) is 5.00. The fourth-order valence-corrected chi connectivity index (χ4v) is 3.45. The molecule has 0 aliphatic carbocycles. The number of nitrogens with one attached hydrogen (secondary N) is 1. The normalized spacial score (nSPS) is 12.8. The summed E-state index contributed by atoms with van der Waals surface area (Å²) < 4.78 is 22.8. The molecule has 28 heavy (non-hydrogen) atoms. The minimum Gasteiger partial charge on any atom is -0.495 e. The maximum absolute atomic E-state index is 13.3. The van der Waals surface area contributed by atoms with Gasteiger partial charge in [-0.2, -0.15) is 5.10 Å². The van der Waals surface area contributed by atoms with E-state index in [0.29, 0.717) is 11.4 Å². The van der Waals surface area contributed by atoms with Crippen molar-refractivity contribution in [3.8, 4) is 11.4 Å². The van der Waals surface area contributed by atoms with Crippen LogP contribution in [0.1, 0.15) is 32.4 Å². The summed E-state index contributed by atoms with van der Waals surface area (Å²) in [5, 5.41) is 7.94. The maximum atomic E-state index is 13.3. The van der Waals surface area contributed by atoms with Gasteiger partial charge in [0.05, 0.1) is 19.5 Å². The molecule has 5 nitrogen and oxygen atoms in total. The first-order valence-corrected chi connectivity index (χ1v) is 9.49. The van der Waals surface area contributed by atoms with Gasteiger partial charge in [0.1, 0.15) is 17.9 Å². The van der Waals surface area contributed by atoms with Crippen LogP contribution in [0.25, 0.3) is 5.69 Å². The summed E-state index contributed by atoms with van der Waals surface area (Å²) in [7, 11) is 1.63. The molecular formula is C21H25FN4OS. The van der Waals surface area contributed by atoms with Gasteiger partial charge in [-0.15, -0.1) is 0 Å². The molecule has 7 heteroatoms. The Bertz CT molecular complexity index is 989. The molecule has 0 saturated carbocycles. The number of para-hydroxylation sites is 2. The molecule has 0 amide bonds. The van der Waals surface area contributed by atoms with Gasteiger partial charge in [-0.1, -0.05) is 45.0 Å². The molecule has 0 unspecified atom stereocenters. The molecule has 1 atom stereocenters. The van der Waals surface area contributed by atoms with E-state index in [0.717, 1.165) is 17.0 Å². The molecule has 0 spiro atoms. The van der Waals surface area contributed by atoms with Crippen molar-refractivity contribution in [1.29, 1.82) is 0 Å². The Morgan fingerprint density at radius 2 is 1.82 bits per heavy atom. The largest absolute Gasteiger partial charge is 0.495 e. The van der Waals surface area contributed by atoms with Crippen molar-refractivity contribution >= 4 is 12.2 Å². The first-order chi connectivity index (χ1) is 13.3. The average Bonchev–Trinajstić information content (AvgIpc) is 3.02. The van der Waals surface area contributed by atoms with E-state index in [1.54, 1.807) is 18.1 Å². The molecule has 0 bridgehead atoms. The number of halogens is 1. The van der Waals surface area contributed by atoms with Gasteiger partial charge in [-0.05, 0) is 47.5 Å². The predicted octanol–water partition coefficient (Wildman–Crippen LogP) is 4.89. The Hall–Kier alpha value is -2.51. The van der Waals surface area contributed by atoms with Crippen molar-refractivity contribution in [1.82, 2.24) is 19.7 Å². The number of ether oxygens (including phenoxy) is 1. The van der Waals surface area contributed by atoms with Crippen molar-refractivity contribution in [3.63, 3.8) is 0 Å². The van der Waals surface area contributed by atoms with Gasteiger partial charge < -0.3 is 4.74 Å². The molecule has 0 aliphatic rings. The maximum Gasteiger partial charge on any atom is 0.203 e. The van der Waals surface area contributed by atoms with E-state index in [9.17, 15) is 4.39 Å². The van der Waals surface area contributed by atoms with Crippen molar-refractivity contribution in [2.24, 2.45) is 5.41 Å². The number of methoxy groups -OCH3 is 1. The average molecular weight is 401 g/mol. The lowest BCUT2D eigenvalue weighted by molar-refractivity contribution is 0.251. The lowest BCUT2D eigenvalue weighted by Crippen LogP contribution is -2.34. The number of aromatic nitrogens is 3. The van der Waals surface area contributed by atoms with Crippen molar-refractivity contribution < 1.29 is 9.13 Å². The minimum atomic E-state index is -0.241. The Labute approximate surface area is 169 Å². The van der Waals surface area contributed by atoms with Gasteiger partial charge in [-0.25, -0.2) is 9.07 Å². The van der Waals surface area contributed by atoms with E-state index in [-0.39, 0.29) is 17.3 Å². The standard InChI is InChI=1S/C21H25FN4OS/c1-21(2,3)19(15-9-11-16(22)12-10-15)23-13-26-20(28)25(14-24-26)17-7-5-6-8-18(17)27-4/h5-12,14,19,23H,13H2,1-4H3/t19-/m1/s1. The predicted molar refractivity (Wildman–Crippen MR) is 111 cm³/mol. The van der Waals surface area contributed by atoms with Crippen LogP contribution in [0.5, 0.6) is 5.75 Å². The summed E-state index contributed by atoms with van der Waals surface area (Å²) in [6.07, 6.45) is 1.69. The molecule has 1 N–H and O–H groups in total. The SMILES string of the molecule is COc1ccccc1-n1cnn(CN[C@H](c2ccc(F)cc2)C(C)(C)C)c1=S. The smallest absolute Gasteiger partial charge is 0.203 e. The van der Waals surface area contributed by atoms with E-state index in [2.05, 4.69) is 31.2 Å². The van der Waals surface area contributed by atoms with Gasteiger partial charge in [-0.3, -0.25) is 9.88 Å².